The normalized spacial score (nSPS) is 14.4. The van der Waals surface area contributed by atoms with Gasteiger partial charge in [0.1, 0.15) is 11.9 Å². The Bertz CT molecular complexity index is 1080. The molecule has 192 valence electrons. The molecule has 3 aromatic rings. The van der Waals surface area contributed by atoms with Gasteiger partial charge in [-0.2, -0.15) is 0 Å². The van der Waals surface area contributed by atoms with E-state index in [4.69, 9.17) is 14.5 Å². The molecule has 0 N–H and O–H groups in total. The summed E-state index contributed by atoms with van der Waals surface area (Å²) in [6.45, 7) is 13.2. The average Bonchev–Trinajstić information content (AvgIpc) is 2.91. The second-order valence-corrected chi connectivity index (χ2v) is 9.85. The maximum atomic E-state index is 6.76. The van der Waals surface area contributed by atoms with Gasteiger partial charge in [0.25, 0.3) is 0 Å². The van der Waals surface area contributed by atoms with E-state index in [1.807, 2.05) is 0 Å². The molecule has 4 heteroatoms. The van der Waals surface area contributed by atoms with Gasteiger partial charge in [-0.1, -0.05) is 69.3 Å². The van der Waals surface area contributed by atoms with Crippen molar-refractivity contribution in [1.29, 1.82) is 0 Å². The second kappa shape index (κ2) is 13.0. The zero-order chi connectivity index (χ0) is 25.3. The molecule has 0 atom stereocenters. The number of hydrogen-bond donors (Lipinski definition) is 0. The number of benzene rings is 2. The molecule has 4 nitrogen and oxygen atoms in total. The third-order valence-electron chi connectivity index (χ3n) is 7.18. The Morgan fingerprint density at radius 2 is 1.61 bits per heavy atom. The highest BCUT2D eigenvalue weighted by atomic mass is 16.5. The molecule has 0 radical (unpaired) electrons. The van der Waals surface area contributed by atoms with Crippen LogP contribution in [0.4, 0.5) is 0 Å². The number of nitrogens with zero attached hydrogens (tertiary/aromatic N) is 2. The van der Waals surface area contributed by atoms with Crippen LogP contribution in [0.25, 0.3) is 11.3 Å². The molecule has 2 aromatic carbocycles. The summed E-state index contributed by atoms with van der Waals surface area (Å²) in [5.74, 6) is 0.992. The molecule has 1 fully saturated rings. The summed E-state index contributed by atoms with van der Waals surface area (Å²) in [6.07, 6.45) is 5.15. The van der Waals surface area contributed by atoms with Crippen LogP contribution >= 0.6 is 0 Å². The van der Waals surface area contributed by atoms with E-state index < -0.39 is 0 Å². The minimum atomic E-state index is 0.188. The van der Waals surface area contributed by atoms with Gasteiger partial charge in [-0.3, -0.25) is 9.88 Å². The SMILES string of the molecule is CCCN(Cc1ccccc1)Cc1c(OC2CCOCC2)cc(-c2c(CC)cccc2CC)nc1C. The lowest BCUT2D eigenvalue weighted by Crippen LogP contribution is -2.28. The van der Waals surface area contributed by atoms with Crippen molar-refractivity contribution in [2.45, 2.75) is 79.0 Å². The molecule has 0 amide bonds. The summed E-state index contributed by atoms with van der Waals surface area (Å²) < 4.78 is 12.4. The van der Waals surface area contributed by atoms with Gasteiger partial charge in [0.2, 0.25) is 0 Å². The van der Waals surface area contributed by atoms with Gasteiger partial charge in [0, 0.05) is 48.8 Å². The molecule has 1 aliphatic rings. The lowest BCUT2D eigenvalue weighted by atomic mass is 9.94. The highest BCUT2D eigenvalue weighted by Gasteiger charge is 2.22. The number of ether oxygens (including phenoxy) is 2. The van der Waals surface area contributed by atoms with E-state index in [1.54, 1.807) is 0 Å². The Balaban J connectivity index is 1.74. The molecule has 0 spiro atoms. The lowest BCUT2D eigenvalue weighted by Gasteiger charge is -2.28. The maximum Gasteiger partial charge on any atom is 0.128 e. The highest BCUT2D eigenvalue weighted by Crippen LogP contribution is 2.35. The Kier molecular flexibility index (Phi) is 9.54. The minimum absolute atomic E-state index is 0.188. The molecule has 0 unspecified atom stereocenters. The van der Waals surface area contributed by atoms with Crippen LogP contribution in [0.15, 0.2) is 54.6 Å². The van der Waals surface area contributed by atoms with E-state index in [1.165, 1.54) is 27.8 Å². The number of hydrogen-bond acceptors (Lipinski definition) is 4. The van der Waals surface area contributed by atoms with Gasteiger partial charge in [-0.05, 0) is 49.4 Å². The van der Waals surface area contributed by atoms with Crippen molar-refractivity contribution in [2.75, 3.05) is 19.8 Å². The third-order valence-corrected chi connectivity index (χ3v) is 7.18. The topological polar surface area (TPSA) is 34.6 Å². The summed E-state index contributed by atoms with van der Waals surface area (Å²) in [4.78, 5) is 7.72. The van der Waals surface area contributed by atoms with Crippen LogP contribution in [0.1, 0.15) is 68.0 Å². The number of aromatic nitrogens is 1. The summed E-state index contributed by atoms with van der Waals surface area (Å²) >= 11 is 0. The molecule has 36 heavy (non-hydrogen) atoms. The number of aryl methyl sites for hydroxylation is 3. The van der Waals surface area contributed by atoms with Gasteiger partial charge in [0.15, 0.2) is 0 Å². The first-order valence-electron chi connectivity index (χ1n) is 13.7. The van der Waals surface area contributed by atoms with Crippen molar-refractivity contribution in [2.24, 2.45) is 0 Å². The fraction of sp³-hybridized carbons (Fsp3) is 0.469. The molecule has 0 bridgehead atoms. The third kappa shape index (κ3) is 6.54. The summed E-state index contributed by atoms with van der Waals surface area (Å²) in [7, 11) is 0. The second-order valence-electron chi connectivity index (χ2n) is 9.85. The Morgan fingerprint density at radius 1 is 0.917 bits per heavy atom. The standard InChI is InChI=1S/C32H42N2O2/c1-5-18-34(22-25-12-9-8-10-13-25)23-29-24(4)33-30(21-31(29)36-28-16-19-35-20-17-28)32-26(6-2)14-11-15-27(32)7-3/h8-15,21,28H,5-7,16-20,22-23H2,1-4H3. The largest absolute Gasteiger partial charge is 0.490 e. The average molecular weight is 487 g/mol. The van der Waals surface area contributed by atoms with E-state index in [0.717, 1.165) is 82.1 Å². The Morgan fingerprint density at radius 3 is 2.25 bits per heavy atom. The van der Waals surface area contributed by atoms with E-state index >= 15 is 0 Å². The van der Waals surface area contributed by atoms with Crippen LogP contribution in [0, 0.1) is 6.92 Å². The maximum absolute atomic E-state index is 6.76. The van der Waals surface area contributed by atoms with Crippen LogP contribution in [0.2, 0.25) is 0 Å². The molecule has 2 heterocycles. The smallest absolute Gasteiger partial charge is 0.128 e. The van der Waals surface area contributed by atoms with Crippen molar-refractivity contribution in [3.05, 3.63) is 82.5 Å². The number of rotatable bonds is 11. The molecule has 0 saturated carbocycles. The zero-order valence-electron chi connectivity index (χ0n) is 22.6. The van der Waals surface area contributed by atoms with Gasteiger partial charge < -0.3 is 9.47 Å². The predicted molar refractivity (Wildman–Crippen MR) is 148 cm³/mol. The first kappa shape index (κ1) is 26.4. The predicted octanol–water partition coefficient (Wildman–Crippen LogP) is 7.15. The van der Waals surface area contributed by atoms with E-state index in [2.05, 4.69) is 87.2 Å². The van der Waals surface area contributed by atoms with Gasteiger partial charge in [-0.25, -0.2) is 0 Å². The van der Waals surface area contributed by atoms with Crippen LogP contribution < -0.4 is 4.74 Å². The molecule has 4 rings (SSSR count). The molecular formula is C32H42N2O2. The quantitative estimate of drug-likeness (QED) is 0.288. The molecular weight excluding hydrogens is 444 g/mol. The van der Waals surface area contributed by atoms with Crippen molar-refractivity contribution in [1.82, 2.24) is 9.88 Å². The first-order valence-corrected chi connectivity index (χ1v) is 13.7. The minimum Gasteiger partial charge on any atom is -0.490 e. The molecule has 1 aromatic heterocycles. The molecule has 1 saturated heterocycles. The van der Waals surface area contributed by atoms with Gasteiger partial charge >= 0.3 is 0 Å². The molecule has 1 aliphatic heterocycles. The van der Waals surface area contributed by atoms with Crippen molar-refractivity contribution in [3.63, 3.8) is 0 Å². The Hall–Kier alpha value is -2.69. The first-order chi connectivity index (χ1) is 17.6. The van der Waals surface area contributed by atoms with Crippen molar-refractivity contribution < 1.29 is 9.47 Å². The van der Waals surface area contributed by atoms with Crippen LogP contribution in [0.5, 0.6) is 5.75 Å². The summed E-state index contributed by atoms with van der Waals surface area (Å²) in [6, 6.07) is 19.6. The van der Waals surface area contributed by atoms with Crippen LogP contribution in [0.3, 0.4) is 0 Å². The monoisotopic (exact) mass is 486 g/mol. The summed E-state index contributed by atoms with van der Waals surface area (Å²) in [5.41, 5.74) is 8.63. The van der Waals surface area contributed by atoms with Gasteiger partial charge in [-0.15, -0.1) is 0 Å². The van der Waals surface area contributed by atoms with Crippen LogP contribution in [-0.2, 0) is 30.7 Å². The van der Waals surface area contributed by atoms with E-state index in [0.29, 0.717) is 0 Å². The highest BCUT2D eigenvalue weighted by molar-refractivity contribution is 5.70. The van der Waals surface area contributed by atoms with Crippen molar-refractivity contribution >= 4 is 0 Å². The van der Waals surface area contributed by atoms with E-state index in [9.17, 15) is 0 Å². The van der Waals surface area contributed by atoms with Crippen molar-refractivity contribution in [3.8, 4) is 17.0 Å². The fourth-order valence-corrected chi connectivity index (χ4v) is 5.24. The zero-order valence-corrected chi connectivity index (χ0v) is 22.6. The Labute approximate surface area is 217 Å². The fourth-order valence-electron chi connectivity index (χ4n) is 5.24. The van der Waals surface area contributed by atoms with E-state index in [-0.39, 0.29) is 6.10 Å². The molecule has 0 aliphatic carbocycles. The summed E-state index contributed by atoms with van der Waals surface area (Å²) in [5, 5.41) is 0. The van der Waals surface area contributed by atoms with Gasteiger partial charge in [0.05, 0.1) is 18.9 Å². The number of pyridine rings is 1. The lowest BCUT2D eigenvalue weighted by molar-refractivity contribution is 0.0248. The van der Waals surface area contributed by atoms with Crippen LogP contribution in [-0.4, -0.2) is 35.7 Å².